The lowest BCUT2D eigenvalue weighted by Gasteiger charge is -2.13. The molecule has 5 heteroatoms. The van der Waals surface area contributed by atoms with Crippen molar-refractivity contribution >= 4 is 5.91 Å². The molecule has 0 saturated carbocycles. The zero-order valence-corrected chi connectivity index (χ0v) is 11.3. The largest absolute Gasteiger partial charge is 0.493 e. The molecular weight excluding hydrogens is 244 g/mol. The van der Waals surface area contributed by atoms with Gasteiger partial charge in [0.15, 0.2) is 18.1 Å². The van der Waals surface area contributed by atoms with Gasteiger partial charge in [-0.1, -0.05) is 12.1 Å². The Morgan fingerprint density at radius 3 is 2.84 bits per heavy atom. The number of hydrogen-bond acceptors (Lipinski definition) is 4. The Morgan fingerprint density at radius 1 is 1.53 bits per heavy atom. The lowest BCUT2D eigenvalue weighted by Crippen LogP contribution is -2.28. The van der Waals surface area contributed by atoms with Crippen LogP contribution in [0.15, 0.2) is 30.9 Å². The van der Waals surface area contributed by atoms with Crippen LogP contribution in [0.4, 0.5) is 0 Å². The third-order valence-electron chi connectivity index (χ3n) is 2.52. The Bertz CT molecular complexity index is 444. The van der Waals surface area contributed by atoms with Crippen LogP contribution in [-0.2, 0) is 4.79 Å². The van der Waals surface area contributed by atoms with E-state index in [1.165, 1.54) is 0 Å². The van der Waals surface area contributed by atoms with Gasteiger partial charge in [0.05, 0.1) is 7.11 Å². The van der Waals surface area contributed by atoms with Gasteiger partial charge < -0.3 is 20.5 Å². The van der Waals surface area contributed by atoms with E-state index < -0.39 is 0 Å². The molecule has 3 N–H and O–H groups in total. The molecule has 104 valence electrons. The predicted molar refractivity (Wildman–Crippen MR) is 74.3 cm³/mol. The third kappa shape index (κ3) is 4.63. The standard InChI is InChI=1S/C14H20N2O3/c1-4-7-16-14(17)9-19-12-6-5-11(10(2)15)8-13(12)18-3/h4-6,8,10H,1,7,9,15H2,2-3H3,(H,16,17)/t10-/m1/s1. The van der Waals surface area contributed by atoms with Crippen molar-refractivity contribution in [3.63, 3.8) is 0 Å². The first kappa shape index (κ1) is 15.0. The molecule has 0 aliphatic carbocycles. The van der Waals surface area contributed by atoms with E-state index in [1.807, 2.05) is 19.1 Å². The van der Waals surface area contributed by atoms with E-state index >= 15 is 0 Å². The van der Waals surface area contributed by atoms with Crippen molar-refractivity contribution in [2.45, 2.75) is 13.0 Å². The van der Waals surface area contributed by atoms with Crippen molar-refractivity contribution < 1.29 is 14.3 Å². The summed E-state index contributed by atoms with van der Waals surface area (Å²) in [6.07, 6.45) is 1.61. The third-order valence-corrected chi connectivity index (χ3v) is 2.52. The highest BCUT2D eigenvalue weighted by Crippen LogP contribution is 2.29. The number of methoxy groups -OCH3 is 1. The van der Waals surface area contributed by atoms with Gasteiger partial charge >= 0.3 is 0 Å². The molecule has 1 aromatic rings. The summed E-state index contributed by atoms with van der Waals surface area (Å²) in [6, 6.07) is 5.32. The molecule has 19 heavy (non-hydrogen) atoms. The van der Waals surface area contributed by atoms with E-state index in [9.17, 15) is 4.79 Å². The number of rotatable bonds is 7. The fourth-order valence-corrected chi connectivity index (χ4v) is 1.47. The Balaban J connectivity index is 2.67. The molecule has 1 atom stereocenters. The van der Waals surface area contributed by atoms with Gasteiger partial charge in [-0.3, -0.25) is 4.79 Å². The summed E-state index contributed by atoms with van der Waals surface area (Å²) in [5.41, 5.74) is 6.74. The van der Waals surface area contributed by atoms with Gasteiger partial charge in [-0.25, -0.2) is 0 Å². The first-order valence-electron chi connectivity index (χ1n) is 6.02. The number of ether oxygens (including phenoxy) is 2. The molecule has 0 unspecified atom stereocenters. The number of nitrogens with two attached hydrogens (primary N) is 1. The average Bonchev–Trinajstić information content (AvgIpc) is 2.42. The minimum Gasteiger partial charge on any atom is -0.493 e. The normalized spacial score (nSPS) is 11.5. The summed E-state index contributed by atoms with van der Waals surface area (Å²) in [5, 5.41) is 2.63. The van der Waals surface area contributed by atoms with Crippen molar-refractivity contribution in [1.29, 1.82) is 0 Å². The molecule has 0 heterocycles. The molecule has 0 saturated heterocycles. The Kier molecular flexibility index (Phi) is 5.89. The van der Waals surface area contributed by atoms with Crippen molar-refractivity contribution in [1.82, 2.24) is 5.32 Å². The summed E-state index contributed by atoms with van der Waals surface area (Å²) in [7, 11) is 1.55. The van der Waals surface area contributed by atoms with Crippen molar-refractivity contribution in [3.05, 3.63) is 36.4 Å². The van der Waals surface area contributed by atoms with Crippen LogP contribution in [0.1, 0.15) is 18.5 Å². The molecule has 0 aliphatic heterocycles. The van der Waals surface area contributed by atoms with Gasteiger partial charge in [0, 0.05) is 12.6 Å². The number of carbonyl (C=O) groups is 1. The molecule has 1 aromatic carbocycles. The van der Waals surface area contributed by atoms with Gasteiger partial charge in [-0.05, 0) is 24.6 Å². The van der Waals surface area contributed by atoms with Crippen LogP contribution in [-0.4, -0.2) is 26.2 Å². The number of hydrogen-bond donors (Lipinski definition) is 2. The topological polar surface area (TPSA) is 73.6 Å². The summed E-state index contributed by atoms with van der Waals surface area (Å²) < 4.78 is 10.6. The van der Waals surface area contributed by atoms with Crippen LogP contribution >= 0.6 is 0 Å². The molecule has 0 radical (unpaired) electrons. The van der Waals surface area contributed by atoms with E-state index in [0.29, 0.717) is 18.0 Å². The highest BCUT2D eigenvalue weighted by molar-refractivity contribution is 5.77. The van der Waals surface area contributed by atoms with E-state index in [2.05, 4.69) is 11.9 Å². The second-order valence-electron chi connectivity index (χ2n) is 4.08. The summed E-state index contributed by atoms with van der Waals surface area (Å²) in [4.78, 5) is 11.4. The maximum Gasteiger partial charge on any atom is 0.258 e. The first-order valence-corrected chi connectivity index (χ1v) is 6.02. The quantitative estimate of drug-likeness (QED) is 0.730. The molecule has 0 spiro atoms. The molecule has 1 rings (SSSR count). The zero-order chi connectivity index (χ0) is 14.3. The highest BCUT2D eigenvalue weighted by Gasteiger charge is 2.09. The maximum absolute atomic E-state index is 11.4. The average molecular weight is 264 g/mol. The SMILES string of the molecule is C=CCNC(=O)COc1ccc([C@@H](C)N)cc1OC. The lowest BCUT2D eigenvalue weighted by molar-refractivity contribution is -0.122. The number of carbonyl (C=O) groups excluding carboxylic acids is 1. The van der Waals surface area contributed by atoms with Gasteiger partial charge in [-0.15, -0.1) is 6.58 Å². The minimum absolute atomic E-state index is 0.0677. The number of nitrogens with one attached hydrogen (secondary N) is 1. The van der Waals surface area contributed by atoms with Crippen LogP contribution < -0.4 is 20.5 Å². The van der Waals surface area contributed by atoms with Crippen LogP contribution in [0.3, 0.4) is 0 Å². The molecule has 1 amide bonds. The van der Waals surface area contributed by atoms with Gasteiger partial charge in [0.1, 0.15) is 0 Å². The van der Waals surface area contributed by atoms with Crippen LogP contribution in [0.5, 0.6) is 11.5 Å². The summed E-state index contributed by atoms with van der Waals surface area (Å²) >= 11 is 0. The fourth-order valence-electron chi connectivity index (χ4n) is 1.47. The summed E-state index contributed by atoms with van der Waals surface area (Å²) in [5.74, 6) is 0.866. The molecule has 0 aliphatic rings. The highest BCUT2D eigenvalue weighted by atomic mass is 16.5. The smallest absolute Gasteiger partial charge is 0.258 e. The van der Waals surface area contributed by atoms with Crippen molar-refractivity contribution in [3.8, 4) is 11.5 Å². The van der Waals surface area contributed by atoms with Gasteiger partial charge in [0.25, 0.3) is 5.91 Å². The first-order chi connectivity index (χ1) is 9.08. The fraction of sp³-hybridized carbons (Fsp3) is 0.357. The summed E-state index contributed by atoms with van der Waals surface area (Å²) in [6.45, 7) is 5.76. The van der Waals surface area contributed by atoms with Crippen LogP contribution in [0.2, 0.25) is 0 Å². The Labute approximate surface area is 113 Å². The van der Waals surface area contributed by atoms with Crippen LogP contribution in [0, 0.1) is 0 Å². The number of benzene rings is 1. The van der Waals surface area contributed by atoms with Crippen LogP contribution in [0.25, 0.3) is 0 Å². The monoisotopic (exact) mass is 264 g/mol. The molecule has 0 bridgehead atoms. The lowest BCUT2D eigenvalue weighted by atomic mass is 10.1. The van der Waals surface area contributed by atoms with Crippen molar-refractivity contribution in [2.75, 3.05) is 20.3 Å². The molecule has 0 aromatic heterocycles. The Morgan fingerprint density at radius 2 is 2.26 bits per heavy atom. The van der Waals surface area contributed by atoms with Gasteiger partial charge in [-0.2, -0.15) is 0 Å². The van der Waals surface area contributed by atoms with E-state index in [1.54, 1.807) is 19.3 Å². The zero-order valence-electron chi connectivity index (χ0n) is 11.3. The van der Waals surface area contributed by atoms with Crippen molar-refractivity contribution in [2.24, 2.45) is 5.73 Å². The van der Waals surface area contributed by atoms with E-state index in [0.717, 1.165) is 5.56 Å². The minimum atomic E-state index is -0.210. The van der Waals surface area contributed by atoms with E-state index in [4.69, 9.17) is 15.2 Å². The predicted octanol–water partition coefficient (Wildman–Crippen LogP) is 1.40. The van der Waals surface area contributed by atoms with Gasteiger partial charge in [0.2, 0.25) is 0 Å². The molecule has 0 fully saturated rings. The molecular formula is C14H20N2O3. The second-order valence-corrected chi connectivity index (χ2v) is 4.08. The maximum atomic E-state index is 11.4. The van der Waals surface area contributed by atoms with E-state index in [-0.39, 0.29) is 18.6 Å². The molecule has 5 nitrogen and oxygen atoms in total. The Hall–Kier alpha value is -2.01. The number of amides is 1. The second kappa shape index (κ2) is 7.43.